The van der Waals surface area contributed by atoms with E-state index < -0.39 is 5.97 Å². The van der Waals surface area contributed by atoms with Crippen LogP contribution in [0.1, 0.15) is 22.8 Å². The number of para-hydroxylation sites is 1. The van der Waals surface area contributed by atoms with E-state index in [0.717, 1.165) is 0 Å². The number of carbonyl (C=O) groups excluding carboxylic acids is 1. The largest absolute Gasteiger partial charge is 0.490 e. The number of hydrogen-bond acceptors (Lipinski definition) is 6. The van der Waals surface area contributed by atoms with E-state index in [0.29, 0.717) is 50.8 Å². The first-order valence-electron chi connectivity index (χ1n) is 11.9. The van der Waals surface area contributed by atoms with Crippen molar-refractivity contribution in [3.63, 3.8) is 0 Å². The Hall–Kier alpha value is -4.75. The molecule has 0 aliphatic heterocycles. The van der Waals surface area contributed by atoms with E-state index in [-0.39, 0.29) is 11.3 Å². The van der Waals surface area contributed by atoms with Gasteiger partial charge in [0.05, 0.1) is 29.3 Å². The van der Waals surface area contributed by atoms with Crippen molar-refractivity contribution in [2.75, 3.05) is 6.61 Å². The van der Waals surface area contributed by atoms with Gasteiger partial charge in [0.1, 0.15) is 0 Å². The number of nitrogens with zero attached hydrogens (tertiary/aromatic N) is 3. The summed E-state index contributed by atoms with van der Waals surface area (Å²) < 4.78 is 12.6. The normalized spacial score (nSPS) is 11.1. The summed E-state index contributed by atoms with van der Waals surface area (Å²) in [5.74, 6) is 0.543. The van der Waals surface area contributed by atoms with Gasteiger partial charge in [0.15, 0.2) is 17.3 Å². The van der Waals surface area contributed by atoms with E-state index in [1.165, 1.54) is 10.9 Å². The van der Waals surface area contributed by atoms with Crippen molar-refractivity contribution in [1.82, 2.24) is 9.66 Å². The summed E-state index contributed by atoms with van der Waals surface area (Å²) in [5.41, 5.74) is 2.01. The molecule has 0 radical (unpaired) electrons. The molecule has 0 bridgehead atoms. The summed E-state index contributed by atoms with van der Waals surface area (Å²) >= 11 is 6.06. The number of fused-ring (bicyclic) bond motifs is 1. The van der Waals surface area contributed by atoms with Crippen LogP contribution in [-0.4, -0.2) is 28.5 Å². The molecule has 0 saturated carbocycles. The molecular formula is C30H22ClN3O4. The summed E-state index contributed by atoms with van der Waals surface area (Å²) in [5, 5.41) is 5.50. The predicted molar refractivity (Wildman–Crippen MR) is 148 cm³/mol. The number of halogens is 1. The molecule has 0 N–H and O–H groups in total. The number of carbonyl (C=O) groups is 1. The summed E-state index contributed by atoms with van der Waals surface area (Å²) in [6.07, 6.45) is 1.53. The molecule has 0 spiro atoms. The lowest BCUT2D eigenvalue weighted by Gasteiger charge is -2.12. The van der Waals surface area contributed by atoms with Crippen LogP contribution in [0.2, 0.25) is 5.02 Å². The number of benzene rings is 4. The van der Waals surface area contributed by atoms with E-state index in [4.69, 9.17) is 26.1 Å². The summed E-state index contributed by atoms with van der Waals surface area (Å²) in [7, 11) is 0. The standard InChI is InChI=1S/C30H22ClN3O4/c1-2-37-27-18-20(12-17-26(27)38-30(36)22-8-4-3-5-9-22)19-32-34-28(21-13-15-23(31)16-14-21)33-25-11-7-6-10-24(25)29(34)35/h3-19H,2H2,1H3. The highest BCUT2D eigenvalue weighted by molar-refractivity contribution is 6.30. The van der Waals surface area contributed by atoms with Crippen LogP contribution in [0.25, 0.3) is 22.3 Å². The Labute approximate surface area is 223 Å². The molecule has 188 valence electrons. The van der Waals surface area contributed by atoms with Gasteiger partial charge in [-0.3, -0.25) is 4.79 Å². The van der Waals surface area contributed by atoms with Crippen LogP contribution in [0.4, 0.5) is 0 Å². The molecule has 8 heteroatoms. The highest BCUT2D eigenvalue weighted by Crippen LogP contribution is 2.29. The molecule has 1 heterocycles. The Morgan fingerprint density at radius 2 is 1.68 bits per heavy atom. The SMILES string of the molecule is CCOc1cc(C=Nn2c(-c3ccc(Cl)cc3)nc3ccccc3c2=O)ccc1OC(=O)c1ccccc1. The topological polar surface area (TPSA) is 82.8 Å². The Morgan fingerprint density at radius 1 is 0.947 bits per heavy atom. The Bertz CT molecular complexity index is 1700. The first-order valence-corrected chi connectivity index (χ1v) is 12.3. The first kappa shape index (κ1) is 24.9. The predicted octanol–water partition coefficient (Wildman–Crippen LogP) is 6.22. The summed E-state index contributed by atoms with van der Waals surface area (Å²) in [4.78, 5) is 30.6. The molecule has 0 aliphatic carbocycles. The van der Waals surface area contributed by atoms with Crippen LogP contribution < -0.4 is 15.0 Å². The van der Waals surface area contributed by atoms with Crippen molar-refractivity contribution in [2.45, 2.75) is 6.92 Å². The number of hydrogen-bond donors (Lipinski definition) is 0. The van der Waals surface area contributed by atoms with Crippen LogP contribution in [0, 0.1) is 0 Å². The molecule has 7 nitrogen and oxygen atoms in total. The summed E-state index contributed by atoms with van der Waals surface area (Å²) in [6.45, 7) is 2.20. The lowest BCUT2D eigenvalue weighted by Crippen LogP contribution is -2.20. The molecule has 0 fully saturated rings. The van der Waals surface area contributed by atoms with Crippen molar-refractivity contribution in [1.29, 1.82) is 0 Å². The maximum Gasteiger partial charge on any atom is 0.343 e. The van der Waals surface area contributed by atoms with Gasteiger partial charge in [-0.25, -0.2) is 9.78 Å². The van der Waals surface area contributed by atoms with Crippen LogP contribution in [0.15, 0.2) is 107 Å². The third kappa shape index (κ3) is 5.33. The molecule has 0 atom stereocenters. The van der Waals surface area contributed by atoms with E-state index in [2.05, 4.69) is 5.10 Å². The van der Waals surface area contributed by atoms with Gasteiger partial charge in [-0.15, -0.1) is 0 Å². The average Bonchev–Trinajstić information content (AvgIpc) is 2.95. The van der Waals surface area contributed by atoms with E-state index in [1.54, 1.807) is 84.9 Å². The zero-order valence-corrected chi connectivity index (χ0v) is 21.1. The lowest BCUT2D eigenvalue weighted by molar-refractivity contribution is 0.0728. The zero-order chi connectivity index (χ0) is 26.5. The second-order valence-corrected chi connectivity index (χ2v) is 8.65. The van der Waals surface area contributed by atoms with Crippen molar-refractivity contribution in [3.8, 4) is 22.9 Å². The van der Waals surface area contributed by atoms with Crippen molar-refractivity contribution in [2.24, 2.45) is 5.10 Å². The van der Waals surface area contributed by atoms with Crippen molar-refractivity contribution >= 4 is 34.7 Å². The molecule has 1 aromatic heterocycles. The minimum absolute atomic E-state index is 0.282. The molecule has 0 unspecified atom stereocenters. The minimum Gasteiger partial charge on any atom is -0.490 e. The Morgan fingerprint density at radius 3 is 2.45 bits per heavy atom. The number of rotatable bonds is 7. The number of aromatic nitrogens is 2. The third-order valence-electron chi connectivity index (χ3n) is 5.66. The highest BCUT2D eigenvalue weighted by Gasteiger charge is 2.14. The summed E-state index contributed by atoms with van der Waals surface area (Å²) in [6, 6.07) is 27.9. The van der Waals surface area contributed by atoms with Gasteiger partial charge in [-0.05, 0) is 79.2 Å². The average molecular weight is 524 g/mol. The van der Waals surface area contributed by atoms with Gasteiger partial charge in [0.2, 0.25) is 0 Å². The highest BCUT2D eigenvalue weighted by atomic mass is 35.5. The van der Waals surface area contributed by atoms with Gasteiger partial charge in [0, 0.05) is 10.6 Å². The third-order valence-corrected chi connectivity index (χ3v) is 5.91. The molecule has 5 aromatic rings. The van der Waals surface area contributed by atoms with E-state index in [1.807, 2.05) is 19.1 Å². The Balaban J connectivity index is 1.52. The minimum atomic E-state index is -0.491. The zero-order valence-electron chi connectivity index (χ0n) is 20.4. The van der Waals surface area contributed by atoms with Crippen LogP contribution in [0.5, 0.6) is 11.5 Å². The molecular weight excluding hydrogens is 502 g/mol. The second kappa shape index (κ2) is 11.1. The maximum atomic E-state index is 13.4. The fraction of sp³-hybridized carbons (Fsp3) is 0.0667. The van der Waals surface area contributed by atoms with Crippen LogP contribution in [-0.2, 0) is 0 Å². The fourth-order valence-corrected chi connectivity index (χ4v) is 3.96. The van der Waals surface area contributed by atoms with E-state index in [9.17, 15) is 9.59 Å². The van der Waals surface area contributed by atoms with Crippen LogP contribution >= 0.6 is 11.6 Å². The molecule has 4 aromatic carbocycles. The first-order chi connectivity index (χ1) is 18.5. The fourth-order valence-electron chi connectivity index (χ4n) is 3.83. The number of ether oxygens (including phenoxy) is 2. The van der Waals surface area contributed by atoms with Gasteiger partial charge >= 0.3 is 5.97 Å². The molecule has 5 rings (SSSR count). The van der Waals surface area contributed by atoms with Crippen molar-refractivity contribution in [3.05, 3.63) is 124 Å². The Kier molecular flexibility index (Phi) is 7.28. The smallest absolute Gasteiger partial charge is 0.343 e. The molecule has 0 aliphatic rings. The molecule has 38 heavy (non-hydrogen) atoms. The maximum absolute atomic E-state index is 13.4. The van der Waals surface area contributed by atoms with E-state index >= 15 is 0 Å². The number of esters is 1. The van der Waals surface area contributed by atoms with Gasteiger partial charge in [-0.2, -0.15) is 9.78 Å². The van der Waals surface area contributed by atoms with Gasteiger partial charge in [-0.1, -0.05) is 41.9 Å². The lowest BCUT2D eigenvalue weighted by atomic mass is 10.2. The van der Waals surface area contributed by atoms with Gasteiger partial charge < -0.3 is 9.47 Å². The van der Waals surface area contributed by atoms with Gasteiger partial charge in [0.25, 0.3) is 5.56 Å². The molecule has 0 saturated heterocycles. The monoisotopic (exact) mass is 523 g/mol. The van der Waals surface area contributed by atoms with Crippen molar-refractivity contribution < 1.29 is 14.3 Å². The molecule has 0 amide bonds. The second-order valence-electron chi connectivity index (χ2n) is 8.22. The van der Waals surface area contributed by atoms with Crippen LogP contribution in [0.3, 0.4) is 0 Å². The quantitative estimate of drug-likeness (QED) is 0.144.